The average molecular weight is 341 g/mol. The van der Waals surface area contributed by atoms with Crippen LogP contribution in [0.1, 0.15) is 18.9 Å². The maximum absolute atomic E-state index is 13.0. The first-order chi connectivity index (χ1) is 12.1. The Kier molecular flexibility index (Phi) is 4.12. The van der Waals surface area contributed by atoms with Crippen molar-refractivity contribution in [1.29, 1.82) is 0 Å². The van der Waals surface area contributed by atoms with Crippen molar-refractivity contribution in [3.05, 3.63) is 48.0 Å². The van der Waals surface area contributed by atoms with Crippen LogP contribution in [0.4, 0.5) is 0 Å². The molecule has 1 amide bonds. The molecule has 1 spiro atoms. The van der Waals surface area contributed by atoms with Gasteiger partial charge in [-0.15, -0.1) is 0 Å². The monoisotopic (exact) mass is 341 g/mol. The lowest BCUT2D eigenvalue weighted by Gasteiger charge is -2.22. The number of hydrogen-bond acceptors (Lipinski definition) is 4. The number of likely N-dealkylation sites (tertiary alicyclic amines) is 1. The highest BCUT2D eigenvalue weighted by Gasteiger charge is 2.67. The summed E-state index contributed by atoms with van der Waals surface area (Å²) in [6.45, 7) is 3.50. The Bertz CT molecular complexity index is 701. The zero-order valence-corrected chi connectivity index (χ0v) is 14.4. The van der Waals surface area contributed by atoms with Gasteiger partial charge in [0, 0.05) is 6.54 Å². The van der Waals surface area contributed by atoms with E-state index in [0.29, 0.717) is 19.7 Å². The highest BCUT2D eigenvalue weighted by molar-refractivity contribution is 5.91. The topological polar surface area (TPSA) is 55.8 Å². The molecular formula is C20H23NO4. The predicted molar refractivity (Wildman–Crippen MR) is 91.7 cm³/mol. The summed E-state index contributed by atoms with van der Waals surface area (Å²) in [4.78, 5) is 27.3. The van der Waals surface area contributed by atoms with E-state index in [4.69, 9.17) is 9.47 Å². The van der Waals surface area contributed by atoms with Crippen LogP contribution in [0, 0.1) is 11.8 Å². The van der Waals surface area contributed by atoms with Crippen molar-refractivity contribution in [3.8, 4) is 0 Å². The van der Waals surface area contributed by atoms with Crippen LogP contribution in [0.5, 0.6) is 0 Å². The number of carbonyl (C=O) groups excluding carboxylic acids is 2. The van der Waals surface area contributed by atoms with E-state index in [-0.39, 0.29) is 18.0 Å². The maximum atomic E-state index is 13.0. The third-order valence-corrected chi connectivity index (χ3v) is 5.41. The second-order valence-corrected chi connectivity index (χ2v) is 7.06. The Balaban J connectivity index is 1.48. The van der Waals surface area contributed by atoms with Gasteiger partial charge in [0.25, 0.3) is 0 Å². The molecule has 0 N–H and O–H groups in total. The minimum Gasteiger partial charge on any atom is -0.465 e. The molecule has 2 saturated heterocycles. The number of carbonyl (C=O) groups is 2. The van der Waals surface area contributed by atoms with Gasteiger partial charge < -0.3 is 14.4 Å². The summed E-state index contributed by atoms with van der Waals surface area (Å²) in [5.41, 5.74) is 0.554. The molecule has 25 heavy (non-hydrogen) atoms. The van der Waals surface area contributed by atoms with E-state index in [1.165, 1.54) is 5.56 Å². The number of nitrogens with zero attached hydrogens (tertiary/aromatic N) is 1. The van der Waals surface area contributed by atoms with Crippen molar-refractivity contribution in [2.24, 2.45) is 11.8 Å². The number of hydrogen-bond donors (Lipinski definition) is 0. The quantitative estimate of drug-likeness (QED) is 0.586. The van der Waals surface area contributed by atoms with Gasteiger partial charge in [0.2, 0.25) is 5.91 Å². The van der Waals surface area contributed by atoms with Crippen LogP contribution in [0.25, 0.3) is 0 Å². The van der Waals surface area contributed by atoms with E-state index >= 15 is 0 Å². The minimum atomic E-state index is -0.645. The molecule has 0 aliphatic carbocycles. The largest absolute Gasteiger partial charge is 0.465 e. The van der Waals surface area contributed by atoms with Crippen molar-refractivity contribution in [2.45, 2.75) is 31.5 Å². The lowest BCUT2D eigenvalue weighted by Crippen LogP contribution is -2.40. The van der Waals surface area contributed by atoms with Crippen molar-refractivity contribution < 1.29 is 19.1 Å². The standard InChI is InChI=1S/C20H23NO4/c1-2-12-24-19(23)16-15-8-10-20(25-15)13-21(18(22)17(16)20)11-9-14-6-4-3-5-7-14/h3-8,10,15-17H,2,9,11-13H2,1H3/t15-,16+,17-,20+/m0/s1. The van der Waals surface area contributed by atoms with Crippen LogP contribution < -0.4 is 0 Å². The molecular weight excluding hydrogens is 318 g/mol. The Labute approximate surface area is 147 Å². The van der Waals surface area contributed by atoms with Gasteiger partial charge in [-0.1, -0.05) is 49.4 Å². The summed E-state index contributed by atoms with van der Waals surface area (Å²) in [7, 11) is 0. The molecule has 5 nitrogen and oxygen atoms in total. The van der Waals surface area contributed by atoms with Gasteiger partial charge in [-0.3, -0.25) is 9.59 Å². The molecule has 1 aromatic carbocycles. The van der Waals surface area contributed by atoms with Crippen LogP contribution in [0.15, 0.2) is 42.5 Å². The van der Waals surface area contributed by atoms with Gasteiger partial charge in [-0.05, 0) is 18.4 Å². The second-order valence-electron chi connectivity index (χ2n) is 7.06. The van der Waals surface area contributed by atoms with E-state index in [9.17, 15) is 9.59 Å². The van der Waals surface area contributed by atoms with E-state index in [0.717, 1.165) is 12.8 Å². The van der Waals surface area contributed by atoms with Crippen molar-refractivity contribution >= 4 is 11.9 Å². The van der Waals surface area contributed by atoms with Gasteiger partial charge in [-0.2, -0.15) is 0 Å². The van der Waals surface area contributed by atoms with Crippen LogP contribution in [-0.2, 0) is 25.5 Å². The molecule has 3 heterocycles. The van der Waals surface area contributed by atoms with E-state index in [1.807, 2.05) is 42.2 Å². The highest BCUT2D eigenvalue weighted by atomic mass is 16.6. The third-order valence-electron chi connectivity index (χ3n) is 5.41. The molecule has 1 aromatic rings. The normalized spacial score (nSPS) is 32.3. The van der Waals surface area contributed by atoms with Gasteiger partial charge in [0.15, 0.2) is 0 Å². The van der Waals surface area contributed by atoms with Crippen LogP contribution >= 0.6 is 0 Å². The molecule has 0 saturated carbocycles. The number of amides is 1. The first kappa shape index (κ1) is 16.3. The van der Waals surface area contributed by atoms with E-state index < -0.39 is 17.4 Å². The SMILES string of the molecule is CCCOC(=O)[C@@H]1[C@@H]2C=C[C@]3(CN(CCc4ccccc4)C(=O)[C@H]13)O2. The Morgan fingerprint density at radius 2 is 2.16 bits per heavy atom. The number of fused-ring (bicyclic) bond motifs is 1. The smallest absolute Gasteiger partial charge is 0.312 e. The molecule has 0 radical (unpaired) electrons. The van der Waals surface area contributed by atoms with Crippen molar-refractivity contribution in [1.82, 2.24) is 4.90 Å². The van der Waals surface area contributed by atoms with E-state index in [2.05, 4.69) is 12.1 Å². The van der Waals surface area contributed by atoms with Gasteiger partial charge in [0.05, 0.1) is 25.2 Å². The Hall–Kier alpha value is -2.14. The van der Waals surface area contributed by atoms with Crippen LogP contribution in [0.3, 0.4) is 0 Å². The number of rotatable bonds is 6. The summed E-state index contributed by atoms with van der Waals surface area (Å²) < 4.78 is 11.4. The first-order valence-electron chi connectivity index (χ1n) is 9.01. The zero-order chi connectivity index (χ0) is 17.4. The molecule has 4 atom stereocenters. The van der Waals surface area contributed by atoms with Gasteiger partial charge in [0.1, 0.15) is 11.5 Å². The molecule has 4 rings (SSSR count). The Morgan fingerprint density at radius 3 is 2.92 bits per heavy atom. The molecule has 0 aromatic heterocycles. The number of esters is 1. The molecule has 2 bridgehead atoms. The molecule has 3 aliphatic heterocycles. The maximum Gasteiger partial charge on any atom is 0.312 e. The summed E-state index contributed by atoms with van der Waals surface area (Å²) in [5, 5.41) is 0. The lowest BCUT2D eigenvalue weighted by molar-refractivity contribution is -0.153. The minimum absolute atomic E-state index is 0.0150. The van der Waals surface area contributed by atoms with Gasteiger partial charge >= 0.3 is 5.97 Å². The fraction of sp³-hybridized carbons (Fsp3) is 0.500. The summed E-state index contributed by atoms with van der Waals surface area (Å²) in [6.07, 6.45) is 5.14. The lowest BCUT2D eigenvalue weighted by atomic mass is 9.77. The van der Waals surface area contributed by atoms with E-state index in [1.54, 1.807) is 0 Å². The summed E-state index contributed by atoms with van der Waals surface area (Å²) in [6, 6.07) is 10.1. The summed E-state index contributed by atoms with van der Waals surface area (Å²) in [5.74, 6) is -1.24. The van der Waals surface area contributed by atoms with Crippen LogP contribution in [0.2, 0.25) is 0 Å². The molecule has 5 heteroatoms. The molecule has 132 valence electrons. The fourth-order valence-corrected chi connectivity index (χ4v) is 4.24. The first-order valence-corrected chi connectivity index (χ1v) is 9.01. The highest BCUT2D eigenvalue weighted by Crippen LogP contribution is 2.52. The van der Waals surface area contributed by atoms with Gasteiger partial charge in [-0.25, -0.2) is 0 Å². The summed E-state index contributed by atoms with van der Waals surface area (Å²) >= 11 is 0. The molecule has 3 aliphatic rings. The van der Waals surface area contributed by atoms with Crippen molar-refractivity contribution in [2.75, 3.05) is 19.7 Å². The van der Waals surface area contributed by atoms with Crippen LogP contribution in [-0.4, -0.2) is 48.2 Å². The third kappa shape index (κ3) is 2.67. The Morgan fingerprint density at radius 1 is 1.36 bits per heavy atom. The molecule has 2 fully saturated rings. The number of benzene rings is 1. The predicted octanol–water partition coefficient (Wildman–Crippen LogP) is 1.96. The van der Waals surface area contributed by atoms with Crippen molar-refractivity contribution in [3.63, 3.8) is 0 Å². The zero-order valence-electron chi connectivity index (χ0n) is 14.4. The number of ether oxygens (including phenoxy) is 2. The molecule has 0 unspecified atom stereocenters. The average Bonchev–Trinajstić information content (AvgIpc) is 3.27. The second kappa shape index (κ2) is 6.30. The fourth-order valence-electron chi connectivity index (χ4n) is 4.24.